The summed E-state index contributed by atoms with van der Waals surface area (Å²) < 4.78 is 46.3. The van der Waals surface area contributed by atoms with E-state index >= 15 is 0 Å². The van der Waals surface area contributed by atoms with Crippen molar-refractivity contribution in [2.45, 2.75) is 58.9 Å². The number of hydrogen-bond donors (Lipinski definition) is 2. The van der Waals surface area contributed by atoms with Crippen LogP contribution in [0.4, 0.5) is 29.3 Å². The van der Waals surface area contributed by atoms with Crippen LogP contribution in [-0.2, 0) is 0 Å². The predicted octanol–water partition coefficient (Wildman–Crippen LogP) is 4.93. The van der Waals surface area contributed by atoms with Gasteiger partial charge in [0.15, 0.2) is 0 Å². The fraction of sp³-hybridized carbons (Fsp3) is 0.579. The normalized spacial score (nSPS) is 17.0. The number of halogens is 3. The van der Waals surface area contributed by atoms with Gasteiger partial charge in [0.05, 0.1) is 29.4 Å². The summed E-state index contributed by atoms with van der Waals surface area (Å²) in [6, 6.07) is 4.98. The van der Waals surface area contributed by atoms with Crippen molar-refractivity contribution in [3.8, 4) is 11.8 Å². The van der Waals surface area contributed by atoms with Gasteiger partial charge in [-0.15, -0.1) is 0 Å². The minimum Gasteiger partial charge on any atom is -0.486 e. The van der Waals surface area contributed by atoms with Crippen LogP contribution in [0, 0.1) is 23.7 Å². The second kappa shape index (κ2) is 7.08. The maximum Gasteiger partial charge on any atom is 0.412 e. The minimum atomic E-state index is -4.76. The van der Waals surface area contributed by atoms with Crippen LogP contribution < -0.4 is 15.0 Å². The van der Waals surface area contributed by atoms with Gasteiger partial charge in [-0.3, -0.25) is 4.90 Å². The van der Waals surface area contributed by atoms with Crippen LogP contribution in [0.5, 0.6) is 5.75 Å². The second-order valence-corrected chi connectivity index (χ2v) is 8.08. The van der Waals surface area contributed by atoms with Crippen molar-refractivity contribution >= 4 is 17.5 Å². The number of hydrogen-bond acceptors (Lipinski definition) is 4. The smallest absolute Gasteiger partial charge is 0.412 e. The van der Waals surface area contributed by atoms with Crippen LogP contribution in [0.15, 0.2) is 12.1 Å². The summed E-state index contributed by atoms with van der Waals surface area (Å²) in [6.45, 7) is 7.15. The Bertz CT molecular complexity index is 813. The topological polar surface area (TPSA) is 85.6 Å². The molecule has 2 N–H and O–H groups in total. The summed E-state index contributed by atoms with van der Waals surface area (Å²) in [7, 11) is 0. The Labute approximate surface area is 161 Å². The molecule has 1 heterocycles. The Morgan fingerprint density at radius 1 is 1.36 bits per heavy atom. The minimum absolute atomic E-state index is 0.0690. The fourth-order valence-electron chi connectivity index (χ4n) is 3.17. The molecule has 1 amide bonds. The van der Waals surface area contributed by atoms with E-state index in [0.29, 0.717) is 34.9 Å². The van der Waals surface area contributed by atoms with Crippen LogP contribution in [0.2, 0.25) is 0 Å². The van der Waals surface area contributed by atoms with E-state index in [-0.39, 0.29) is 11.8 Å². The summed E-state index contributed by atoms with van der Waals surface area (Å²) in [5, 5.41) is 21.8. The lowest BCUT2D eigenvalue weighted by molar-refractivity contribution is -0.175. The molecule has 1 aliphatic rings. The van der Waals surface area contributed by atoms with E-state index < -0.39 is 23.2 Å². The molecular formula is C19H24F3N3O3. The zero-order chi connectivity index (χ0) is 21.5. The molecular weight excluding hydrogens is 375 g/mol. The van der Waals surface area contributed by atoms with Crippen molar-refractivity contribution in [3.63, 3.8) is 0 Å². The second-order valence-electron chi connectivity index (χ2n) is 8.08. The molecule has 1 aliphatic heterocycles. The monoisotopic (exact) mass is 399 g/mol. The van der Waals surface area contributed by atoms with Gasteiger partial charge in [0.25, 0.3) is 0 Å². The quantitative estimate of drug-likeness (QED) is 0.750. The molecule has 0 unspecified atom stereocenters. The molecule has 1 atom stereocenters. The lowest BCUT2D eigenvalue weighted by Gasteiger charge is -2.39. The van der Waals surface area contributed by atoms with Crippen LogP contribution in [0.25, 0.3) is 0 Å². The van der Waals surface area contributed by atoms with Crippen LogP contribution in [0.3, 0.4) is 0 Å². The molecule has 0 radical (unpaired) electrons. The molecule has 28 heavy (non-hydrogen) atoms. The van der Waals surface area contributed by atoms with Gasteiger partial charge >= 0.3 is 12.3 Å². The number of rotatable bonds is 4. The van der Waals surface area contributed by atoms with Gasteiger partial charge in [-0.05, 0) is 52.3 Å². The first kappa shape index (κ1) is 21.7. The highest BCUT2D eigenvalue weighted by molar-refractivity contribution is 5.91. The van der Waals surface area contributed by atoms with Crippen molar-refractivity contribution in [1.82, 2.24) is 0 Å². The number of nitriles is 1. The number of benzene rings is 1. The first-order chi connectivity index (χ1) is 12.7. The van der Waals surface area contributed by atoms with Crippen LogP contribution >= 0.6 is 0 Å². The van der Waals surface area contributed by atoms with E-state index in [2.05, 4.69) is 11.4 Å². The van der Waals surface area contributed by atoms with Crippen molar-refractivity contribution in [2.75, 3.05) is 16.8 Å². The highest BCUT2D eigenvalue weighted by Crippen LogP contribution is 2.44. The molecule has 0 saturated carbocycles. The molecule has 1 aromatic carbocycles. The van der Waals surface area contributed by atoms with E-state index in [1.165, 1.54) is 12.1 Å². The summed E-state index contributed by atoms with van der Waals surface area (Å²) in [5.41, 5.74) is -2.48. The van der Waals surface area contributed by atoms with Crippen molar-refractivity contribution in [2.24, 2.45) is 5.41 Å². The zero-order valence-corrected chi connectivity index (χ0v) is 16.4. The van der Waals surface area contributed by atoms with Gasteiger partial charge in [0.1, 0.15) is 17.4 Å². The third kappa shape index (κ3) is 3.96. The van der Waals surface area contributed by atoms with Gasteiger partial charge in [-0.1, -0.05) is 0 Å². The molecule has 6 nitrogen and oxygen atoms in total. The van der Waals surface area contributed by atoms with Crippen molar-refractivity contribution in [3.05, 3.63) is 17.7 Å². The fourth-order valence-corrected chi connectivity index (χ4v) is 3.17. The van der Waals surface area contributed by atoms with Crippen molar-refractivity contribution < 1.29 is 27.8 Å². The number of carbonyl (C=O) groups is 1. The first-order valence-corrected chi connectivity index (χ1v) is 8.76. The summed E-state index contributed by atoms with van der Waals surface area (Å²) in [5.74, 6) is 0.418. The van der Waals surface area contributed by atoms with Gasteiger partial charge in [0.2, 0.25) is 0 Å². The number of nitrogens with one attached hydrogen (secondary N) is 1. The highest BCUT2D eigenvalue weighted by Gasteiger charge is 2.54. The molecule has 0 bridgehead atoms. The van der Waals surface area contributed by atoms with E-state index in [1.807, 2.05) is 0 Å². The van der Waals surface area contributed by atoms with Gasteiger partial charge in [-0.2, -0.15) is 18.4 Å². The highest BCUT2D eigenvalue weighted by atomic mass is 19.4. The third-order valence-electron chi connectivity index (χ3n) is 4.92. The number of carboxylic acid groups (broad SMARTS) is 1. The SMILES string of the molecule is Cc1c(N(C(=O)O)C(C)(C)C(F)(F)F)ccc2c1NC[C@H](CC(C)(C)C#N)O2. The number of nitrogens with zero attached hydrogens (tertiary/aromatic N) is 2. The van der Waals surface area contributed by atoms with Gasteiger partial charge in [-0.25, -0.2) is 4.79 Å². The van der Waals surface area contributed by atoms with E-state index in [4.69, 9.17) is 4.74 Å². The van der Waals surface area contributed by atoms with Gasteiger partial charge < -0.3 is 15.2 Å². The lowest BCUT2D eigenvalue weighted by atomic mass is 9.88. The number of ether oxygens (including phenoxy) is 1. The largest absolute Gasteiger partial charge is 0.486 e. The molecule has 9 heteroatoms. The maximum absolute atomic E-state index is 13.5. The Morgan fingerprint density at radius 3 is 2.46 bits per heavy atom. The van der Waals surface area contributed by atoms with E-state index in [0.717, 1.165) is 13.8 Å². The number of amides is 1. The molecule has 154 valence electrons. The average molecular weight is 399 g/mol. The summed E-state index contributed by atoms with van der Waals surface area (Å²) in [6.07, 6.45) is -6.27. The molecule has 1 aromatic rings. The van der Waals surface area contributed by atoms with E-state index in [1.54, 1.807) is 20.8 Å². The maximum atomic E-state index is 13.5. The Balaban J connectivity index is 2.41. The molecule has 0 spiro atoms. The molecule has 0 aliphatic carbocycles. The Morgan fingerprint density at radius 2 is 1.96 bits per heavy atom. The van der Waals surface area contributed by atoms with Crippen LogP contribution in [0.1, 0.15) is 39.7 Å². The zero-order valence-electron chi connectivity index (χ0n) is 16.4. The number of fused-ring (bicyclic) bond motifs is 1. The summed E-state index contributed by atoms with van der Waals surface area (Å²) in [4.78, 5) is 12.0. The number of anilines is 2. The van der Waals surface area contributed by atoms with Crippen molar-refractivity contribution in [1.29, 1.82) is 5.26 Å². The molecule has 0 saturated heterocycles. The van der Waals surface area contributed by atoms with Gasteiger partial charge in [0, 0.05) is 6.42 Å². The Hall–Kier alpha value is -2.63. The number of alkyl halides is 3. The average Bonchev–Trinajstić information content (AvgIpc) is 2.55. The lowest BCUT2D eigenvalue weighted by Crippen LogP contribution is -2.57. The van der Waals surface area contributed by atoms with E-state index in [9.17, 15) is 28.3 Å². The molecule has 0 fully saturated rings. The predicted molar refractivity (Wildman–Crippen MR) is 98.7 cm³/mol. The first-order valence-electron chi connectivity index (χ1n) is 8.76. The standard InChI is InChI=1S/C19H24F3N3O3/c1-11-13(25(16(26)27)18(4,5)19(20,21)22)6-7-14-15(11)24-9-12(28-14)8-17(2,3)10-23/h6-7,12,24H,8-9H2,1-5H3,(H,26,27)/t12-/m0/s1. The third-order valence-corrected chi connectivity index (χ3v) is 4.92. The van der Waals surface area contributed by atoms with Crippen LogP contribution in [-0.4, -0.2) is 35.6 Å². The Kier molecular flexibility index (Phi) is 5.48. The molecule has 2 rings (SSSR count). The molecule has 0 aromatic heterocycles. The summed E-state index contributed by atoms with van der Waals surface area (Å²) >= 11 is 0.